The van der Waals surface area contributed by atoms with Crippen molar-refractivity contribution >= 4 is 21.6 Å². The van der Waals surface area contributed by atoms with Gasteiger partial charge in [-0.3, -0.25) is 0 Å². The minimum Gasteiger partial charge on any atom is -0.493 e. The van der Waals surface area contributed by atoms with Gasteiger partial charge in [0.15, 0.2) is 0 Å². The summed E-state index contributed by atoms with van der Waals surface area (Å²) in [6.07, 6.45) is 0.380. The molecule has 0 saturated heterocycles. The van der Waals surface area contributed by atoms with Gasteiger partial charge in [0.25, 0.3) is 0 Å². The molecule has 1 atom stereocenters. The lowest BCUT2D eigenvalue weighted by Crippen LogP contribution is -2.33. The lowest BCUT2D eigenvalue weighted by Gasteiger charge is -2.26. The average molecular weight is 374 g/mol. The van der Waals surface area contributed by atoms with Crippen LogP contribution in [0, 0.1) is 11.6 Å². The topological polar surface area (TPSA) is 55.4 Å². The maximum atomic E-state index is 13.4. The van der Waals surface area contributed by atoms with E-state index in [1.807, 2.05) is 0 Å². The zero-order chi connectivity index (χ0) is 17.3. The number of hydrogen-bond donors (Lipinski definition) is 1. The van der Waals surface area contributed by atoms with Crippen molar-refractivity contribution in [3.05, 3.63) is 64.2 Å². The van der Waals surface area contributed by atoms with Crippen molar-refractivity contribution in [3.8, 4) is 5.75 Å². The smallest absolute Gasteiger partial charge is 0.216 e. The van der Waals surface area contributed by atoms with Crippen LogP contribution < -0.4 is 9.46 Å². The van der Waals surface area contributed by atoms with E-state index in [1.54, 1.807) is 0 Å². The van der Waals surface area contributed by atoms with Gasteiger partial charge in [-0.1, -0.05) is 17.7 Å². The van der Waals surface area contributed by atoms with Crippen LogP contribution in [-0.2, 0) is 15.8 Å². The highest BCUT2D eigenvalue weighted by molar-refractivity contribution is 7.88. The van der Waals surface area contributed by atoms with Gasteiger partial charge >= 0.3 is 0 Å². The molecule has 0 aliphatic carbocycles. The Morgan fingerprint density at radius 1 is 1.21 bits per heavy atom. The summed E-state index contributed by atoms with van der Waals surface area (Å²) >= 11 is 5.59. The molecular weight excluding hydrogens is 360 g/mol. The molecule has 0 radical (unpaired) electrons. The summed E-state index contributed by atoms with van der Waals surface area (Å²) in [7, 11) is -3.76. The van der Waals surface area contributed by atoms with Crippen molar-refractivity contribution in [2.24, 2.45) is 0 Å². The van der Waals surface area contributed by atoms with Crippen LogP contribution in [-0.4, -0.2) is 15.0 Å². The number of rotatable bonds is 4. The van der Waals surface area contributed by atoms with E-state index in [0.29, 0.717) is 24.3 Å². The molecule has 0 spiro atoms. The van der Waals surface area contributed by atoms with Gasteiger partial charge < -0.3 is 4.74 Å². The monoisotopic (exact) mass is 373 g/mol. The Morgan fingerprint density at radius 3 is 2.75 bits per heavy atom. The van der Waals surface area contributed by atoms with Crippen molar-refractivity contribution < 1.29 is 21.9 Å². The number of fused-ring (bicyclic) bond motifs is 1. The highest BCUT2D eigenvalue weighted by Gasteiger charge is 2.26. The molecule has 0 bridgehead atoms. The van der Waals surface area contributed by atoms with Crippen molar-refractivity contribution in [2.75, 3.05) is 6.61 Å². The van der Waals surface area contributed by atoms with E-state index < -0.39 is 33.5 Å². The van der Waals surface area contributed by atoms with Gasteiger partial charge in [-0.25, -0.2) is 21.9 Å². The molecule has 1 aliphatic heterocycles. The van der Waals surface area contributed by atoms with Crippen molar-refractivity contribution in [3.63, 3.8) is 0 Å². The second-order valence-corrected chi connectivity index (χ2v) is 7.66. The summed E-state index contributed by atoms with van der Waals surface area (Å²) in [5, 5.41) is -0.0714. The Bertz CT molecular complexity index is 874. The fourth-order valence-corrected chi connectivity index (χ4v) is 4.09. The van der Waals surface area contributed by atoms with Gasteiger partial charge in [-0.2, -0.15) is 0 Å². The molecule has 0 amide bonds. The summed E-state index contributed by atoms with van der Waals surface area (Å²) in [5.74, 6) is -1.10. The molecule has 2 aromatic rings. The van der Waals surface area contributed by atoms with E-state index >= 15 is 0 Å². The fraction of sp³-hybridized carbons (Fsp3) is 0.250. The number of benzene rings is 2. The van der Waals surface area contributed by atoms with Crippen LogP contribution in [0.2, 0.25) is 5.02 Å². The van der Waals surface area contributed by atoms with Crippen LogP contribution in [0.15, 0.2) is 36.4 Å². The first-order valence-corrected chi connectivity index (χ1v) is 9.23. The van der Waals surface area contributed by atoms with Crippen LogP contribution in [0.4, 0.5) is 8.78 Å². The number of ether oxygens (including phenoxy) is 1. The third kappa shape index (κ3) is 3.85. The van der Waals surface area contributed by atoms with Crippen LogP contribution in [0.3, 0.4) is 0 Å². The van der Waals surface area contributed by atoms with E-state index in [4.69, 9.17) is 16.3 Å². The van der Waals surface area contributed by atoms with Crippen molar-refractivity contribution in [2.45, 2.75) is 18.2 Å². The number of halogens is 3. The molecule has 2 aromatic carbocycles. The number of sulfonamides is 1. The molecule has 0 aromatic heterocycles. The Balaban J connectivity index is 1.80. The molecule has 3 rings (SSSR count). The van der Waals surface area contributed by atoms with Crippen LogP contribution in [0.1, 0.15) is 23.6 Å². The van der Waals surface area contributed by atoms with E-state index in [0.717, 1.165) is 6.07 Å². The lowest BCUT2D eigenvalue weighted by atomic mass is 10.0. The Morgan fingerprint density at radius 2 is 2.00 bits per heavy atom. The van der Waals surface area contributed by atoms with Gasteiger partial charge in [0, 0.05) is 12.0 Å². The number of nitrogens with one attached hydrogen (secondary N) is 1. The van der Waals surface area contributed by atoms with E-state index in [1.165, 1.54) is 30.3 Å². The zero-order valence-electron chi connectivity index (χ0n) is 12.4. The largest absolute Gasteiger partial charge is 0.493 e. The summed E-state index contributed by atoms with van der Waals surface area (Å²) < 4.78 is 59.5. The molecule has 1 N–H and O–H groups in total. The minimum atomic E-state index is -3.76. The second-order valence-electron chi connectivity index (χ2n) is 5.50. The van der Waals surface area contributed by atoms with E-state index in [9.17, 15) is 17.2 Å². The first-order chi connectivity index (χ1) is 11.3. The molecule has 24 heavy (non-hydrogen) atoms. The van der Waals surface area contributed by atoms with Gasteiger partial charge in [0.05, 0.1) is 23.4 Å². The van der Waals surface area contributed by atoms with Crippen molar-refractivity contribution in [1.29, 1.82) is 0 Å². The quantitative estimate of drug-likeness (QED) is 0.891. The predicted molar refractivity (Wildman–Crippen MR) is 86.4 cm³/mol. The molecular formula is C16H14ClF2NO3S. The summed E-state index contributed by atoms with van der Waals surface area (Å²) in [5.41, 5.74) is 0.725. The third-order valence-corrected chi connectivity index (χ3v) is 5.34. The number of hydrogen-bond acceptors (Lipinski definition) is 3. The summed E-state index contributed by atoms with van der Waals surface area (Å²) in [6.45, 7) is 0.321. The van der Waals surface area contributed by atoms with Gasteiger partial charge in [-0.05, 0) is 35.9 Å². The van der Waals surface area contributed by atoms with Crippen LogP contribution in [0.5, 0.6) is 5.75 Å². The predicted octanol–water partition coefficient (Wildman–Crippen LogP) is 3.56. The Labute approximate surface area is 143 Å². The van der Waals surface area contributed by atoms with E-state index in [2.05, 4.69) is 4.72 Å². The zero-order valence-corrected chi connectivity index (χ0v) is 14.0. The molecule has 4 nitrogen and oxygen atoms in total. The first-order valence-electron chi connectivity index (χ1n) is 7.20. The van der Waals surface area contributed by atoms with Gasteiger partial charge in [0.1, 0.15) is 17.4 Å². The highest BCUT2D eigenvalue weighted by Crippen LogP contribution is 2.33. The van der Waals surface area contributed by atoms with Gasteiger partial charge in [-0.15, -0.1) is 0 Å². The molecule has 1 heterocycles. The van der Waals surface area contributed by atoms with Gasteiger partial charge in [0.2, 0.25) is 10.0 Å². The van der Waals surface area contributed by atoms with Crippen molar-refractivity contribution in [1.82, 2.24) is 4.72 Å². The van der Waals surface area contributed by atoms with Crippen LogP contribution in [0.25, 0.3) is 0 Å². The molecule has 0 saturated carbocycles. The Kier molecular flexibility index (Phi) is 4.76. The van der Waals surface area contributed by atoms with E-state index in [-0.39, 0.29) is 10.6 Å². The average Bonchev–Trinajstić information content (AvgIpc) is 2.51. The SMILES string of the molecule is O=S(=O)(Cc1ccc(Cl)c(F)c1)NC1CCOc2ccc(F)cc21. The van der Waals surface area contributed by atoms with Crippen LogP contribution >= 0.6 is 11.6 Å². The molecule has 8 heteroatoms. The minimum absolute atomic E-state index is 0.0714. The normalized spacial score (nSPS) is 17.2. The fourth-order valence-electron chi connectivity index (χ4n) is 2.59. The highest BCUT2D eigenvalue weighted by atomic mass is 35.5. The molecule has 1 aliphatic rings. The maximum Gasteiger partial charge on any atom is 0.216 e. The molecule has 0 fully saturated rings. The molecule has 128 valence electrons. The summed E-state index contributed by atoms with van der Waals surface area (Å²) in [4.78, 5) is 0. The standard InChI is InChI=1S/C16H14ClF2NO3S/c17-13-3-1-10(7-14(13)19)9-24(21,22)20-15-5-6-23-16-4-2-11(18)8-12(15)16/h1-4,7-8,15,20H,5-6,9H2. The summed E-state index contributed by atoms with van der Waals surface area (Å²) in [6, 6.07) is 7.23. The third-order valence-electron chi connectivity index (χ3n) is 3.67. The Hall–Kier alpha value is -1.70. The second kappa shape index (κ2) is 6.66. The maximum absolute atomic E-state index is 13.4. The molecule has 1 unspecified atom stereocenters. The first kappa shape index (κ1) is 17.1. The lowest BCUT2D eigenvalue weighted by molar-refractivity contribution is 0.262.